The fourth-order valence-electron chi connectivity index (χ4n) is 3.87. The van der Waals surface area contributed by atoms with E-state index < -0.39 is 0 Å². The van der Waals surface area contributed by atoms with E-state index in [1.165, 1.54) is 4.90 Å². The van der Waals surface area contributed by atoms with Crippen molar-refractivity contribution < 1.29 is 24.1 Å². The number of fused-ring (bicyclic) bond motifs is 2. The molecule has 0 bridgehead atoms. The zero-order chi connectivity index (χ0) is 25.4. The van der Waals surface area contributed by atoms with Gasteiger partial charge < -0.3 is 24.2 Å². The van der Waals surface area contributed by atoms with Crippen LogP contribution < -0.4 is 9.80 Å². The molecule has 2 heterocycles. The number of para-hydroxylation sites is 1. The second-order valence-corrected chi connectivity index (χ2v) is 8.15. The maximum absolute atomic E-state index is 13.0. The summed E-state index contributed by atoms with van der Waals surface area (Å²) in [5.74, 6) is 1.26. The van der Waals surface area contributed by atoms with Gasteiger partial charge in [-0.25, -0.2) is 0 Å². The number of nitrogens with zero attached hydrogens (tertiary/aromatic N) is 2. The highest BCUT2D eigenvalue weighted by atomic mass is 16.5. The lowest BCUT2D eigenvalue weighted by molar-refractivity contribution is -0.113. The molecule has 2 aliphatic heterocycles. The Labute approximate surface area is 207 Å². The summed E-state index contributed by atoms with van der Waals surface area (Å²) in [5.41, 5.74) is 5.10. The molecule has 1 N–H and O–H groups in total. The Bertz CT molecular complexity index is 1140. The minimum absolute atomic E-state index is 0.228. The first kappa shape index (κ1) is 26.1. The molecule has 7 heteroatoms. The maximum atomic E-state index is 13.0. The fourth-order valence-corrected chi connectivity index (χ4v) is 3.87. The number of hydrogen-bond acceptors (Lipinski definition) is 6. The van der Waals surface area contributed by atoms with Gasteiger partial charge >= 0.3 is 0 Å². The molecule has 0 unspecified atom stereocenters. The van der Waals surface area contributed by atoms with Crippen molar-refractivity contribution in [3.63, 3.8) is 0 Å². The van der Waals surface area contributed by atoms with Crippen molar-refractivity contribution in [3.05, 3.63) is 83.1 Å². The summed E-state index contributed by atoms with van der Waals surface area (Å²) >= 11 is 0. The van der Waals surface area contributed by atoms with Gasteiger partial charge in [-0.15, -0.1) is 0 Å². The number of benzene rings is 2. The van der Waals surface area contributed by atoms with Crippen molar-refractivity contribution in [1.82, 2.24) is 0 Å². The molecular formula is C28H34N2O5. The van der Waals surface area contributed by atoms with Crippen LogP contribution in [0.5, 0.6) is 0 Å². The number of rotatable bonds is 7. The highest BCUT2D eigenvalue weighted by molar-refractivity contribution is 6.37. The molecule has 0 saturated heterocycles. The summed E-state index contributed by atoms with van der Waals surface area (Å²) in [6, 6.07) is 13.7. The van der Waals surface area contributed by atoms with E-state index in [1.54, 1.807) is 14.2 Å². The quantitative estimate of drug-likeness (QED) is 0.357. The van der Waals surface area contributed by atoms with Crippen LogP contribution in [-0.4, -0.2) is 52.2 Å². The number of hydrogen-bond donors (Lipinski definition) is 1. The summed E-state index contributed by atoms with van der Waals surface area (Å²) < 4.78 is 15.6. The normalized spacial score (nSPS) is 16.6. The number of anilines is 2. The number of carbonyl (C=O) groups is 1. The average molecular weight is 479 g/mol. The maximum Gasteiger partial charge on any atom is 0.264 e. The van der Waals surface area contributed by atoms with Gasteiger partial charge in [0, 0.05) is 43.1 Å². The second-order valence-electron chi connectivity index (χ2n) is 8.15. The van der Waals surface area contributed by atoms with E-state index in [-0.39, 0.29) is 12.6 Å². The zero-order valence-electron chi connectivity index (χ0n) is 21.1. The van der Waals surface area contributed by atoms with Crippen LogP contribution in [0.3, 0.4) is 0 Å². The van der Waals surface area contributed by atoms with E-state index in [2.05, 4.69) is 29.2 Å². The van der Waals surface area contributed by atoms with Gasteiger partial charge in [-0.2, -0.15) is 0 Å². The monoisotopic (exact) mass is 478 g/mol. The number of carbonyl (C=O) groups excluding carboxylic acids is 1. The predicted molar refractivity (Wildman–Crippen MR) is 140 cm³/mol. The molecule has 0 radical (unpaired) electrons. The molecule has 1 amide bonds. The van der Waals surface area contributed by atoms with E-state index in [1.807, 2.05) is 57.3 Å². The van der Waals surface area contributed by atoms with Gasteiger partial charge in [0.1, 0.15) is 19.1 Å². The third kappa shape index (κ3) is 5.75. The molecule has 0 aliphatic carbocycles. The van der Waals surface area contributed by atoms with Crippen LogP contribution in [-0.2, 0) is 25.6 Å². The highest BCUT2D eigenvalue weighted by Crippen LogP contribution is 2.44. The van der Waals surface area contributed by atoms with Crippen LogP contribution >= 0.6 is 0 Å². The van der Waals surface area contributed by atoms with Crippen LogP contribution in [0.15, 0.2) is 66.5 Å². The van der Waals surface area contributed by atoms with E-state index in [9.17, 15) is 9.90 Å². The smallest absolute Gasteiger partial charge is 0.264 e. The van der Waals surface area contributed by atoms with Gasteiger partial charge in [-0.1, -0.05) is 36.4 Å². The molecule has 0 aromatic heterocycles. The predicted octanol–water partition coefficient (Wildman–Crippen LogP) is 4.58. The molecule has 186 valence electrons. The lowest BCUT2D eigenvalue weighted by atomic mass is 10.00. The summed E-state index contributed by atoms with van der Waals surface area (Å²) in [5, 5.41) is 9.67. The Hall–Kier alpha value is -3.55. The lowest BCUT2D eigenvalue weighted by Crippen LogP contribution is -2.27. The summed E-state index contributed by atoms with van der Waals surface area (Å²) in [6.07, 6.45) is 6.00. The summed E-state index contributed by atoms with van der Waals surface area (Å²) in [6.45, 7) is 5.41. The number of ether oxygens (including phenoxy) is 3. The molecule has 2 aromatic carbocycles. The first-order valence-electron chi connectivity index (χ1n) is 11.5. The average Bonchev–Trinajstić information content (AvgIpc) is 3.42. The van der Waals surface area contributed by atoms with Gasteiger partial charge in [0.15, 0.2) is 0 Å². The molecular weight excluding hydrogens is 444 g/mol. The topological polar surface area (TPSA) is 71.5 Å². The van der Waals surface area contributed by atoms with Crippen LogP contribution in [0, 0.1) is 0 Å². The van der Waals surface area contributed by atoms with Gasteiger partial charge in [-0.3, -0.25) is 9.69 Å². The van der Waals surface area contributed by atoms with E-state index in [0.717, 1.165) is 34.7 Å². The largest absolute Gasteiger partial charge is 0.502 e. The van der Waals surface area contributed by atoms with Crippen molar-refractivity contribution in [2.45, 2.75) is 20.5 Å². The SMILES string of the molecule is C/C=C/CN(C)c1ccc2c(c1)/C(=C1\C(=O)N(CO)c3ccccc31)OC2.COC/C=C(\C)OC. The van der Waals surface area contributed by atoms with Crippen LogP contribution in [0.4, 0.5) is 11.4 Å². The van der Waals surface area contributed by atoms with E-state index >= 15 is 0 Å². The Balaban J connectivity index is 0.000000371. The Morgan fingerprint density at radius 1 is 1.20 bits per heavy atom. The zero-order valence-corrected chi connectivity index (χ0v) is 21.1. The molecule has 0 atom stereocenters. The number of allylic oxidation sites excluding steroid dienone is 2. The minimum atomic E-state index is -0.356. The molecule has 7 nitrogen and oxygen atoms in total. The molecule has 0 fully saturated rings. The van der Waals surface area contributed by atoms with Gasteiger partial charge in [-0.05, 0) is 38.1 Å². The van der Waals surface area contributed by atoms with Crippen molar-refractivity contribution in [2.75, 3.05) is 50.9 Å². The van der Waals surface area contributed by atoms with E-state index in [4.69, 9.17) is 14.2 Å². The third-order valence-electron chi connectivity index (χ3n) is 5.92. The standard InChI is InChI=1S/C22H22N2O3.C6H12O2/c1-3-4-11-23(2)16-10-9-15-13-27-21(18(15)12-16)20-17-7-5-6-8-19(17)24(14-25)22(20)26;1-6(8-3)4-5-7-2/h3-10,12,25H,11,13-14H2,1-2H3;4H,5H2,1-3H3/b4-3+,21-20+;6-4+. The fraction of sp³-hybridized carbons (Fsp3) is 0.321. The van der Waals surface area contributed by atoms with Gasteiger partial charge in [0.25, 0.3) is 5.91 Å². The number of likely N-dealkylation sites (N-methyl/N-ethyl adjacent to an activating group) is 1. The Morgan fingerprint density at radius 3 is 2.66 bits per heavy atom. The highest BCUT2D eigenvalue weighted by Gasteiger charge is 2.37. The molecule has 0 spiro atoms. The summed E-state index contributed by atoms with van der Waals surface area (Å²) in [4.78, 5) is 16.5. The minimum Gasteiger partial charge on any atom is -0.502 e. The van der Waals surface area contributed by atoms with Gasteiger partial charge in [0.05, 0.1) is 30.7 Å². The van der Waals surface area contributed by atoms with E-state index in [0.29, 0.717) is 30.2 Å². The van der Waals surface area contributed by atoms with Crippen molar-refractivity contribution in [3.8, 4) is 0 Å². The second kappa shape index (κ2) is 12.2. The Morgan fingerprint density at radius 2 is 1.97 bits per heavy atom. The number of amides is 1. The van der Waals surface area contributed by atoms with Crippen LogP contribution in [0.25, 0.3) is 11.3 Å². The van der Waals surface area contributed by atoms with Crippen molar-refractivity contribution >= 4 is 28.6 Å². The van der Waals surface area contributed by atoms with Gasteiger partial charge in [0.2, 0.25) is 0 Å². The van der Waals surface area contributed by atoms with Crippen LogP contribution in [0.2, 0.25) is 0 Å². The molecule has 4 rings (SSSR count). The number of aliphatic hydroxyl groups excluding tert-OH is 1. The molecule has 2 aromatic rings. The summed E-state index contributed by atoms with van der Waals surface area (Å²) in [7, 11) is 5.33. The van der Waals surface area contributed by atoms with Crippen molar-refractivity contribution in [1.29, 1.82) is 0 Å². The first-order valence-corrected chi connectivity index (χ1v) is 11.5. The Kier molecular flexibility index (Phi) is 9.11. The number of aliphatic hydroxyl groups is 1. The van der Waals surface area contributed by atoms with Crippen LogP contribution in [0.1, 0.15) is 30.5 Å². The third-order valence-corrected chi connectivity index (χ3v) is 5.92. The first-order chi connectivity index (χ1) is 17.0. The molecule has 2 aliphatic rings. The number of methoxy groups -OCH3 is 2. The molecule has 35 heavy (non-hydrogen) atoms. The lowest BCUT2D eigenvalue weighted by Gasteiger charge is -2.18. The molecule has 0 saturated carbocycles. The van der Waals surface area contributed by atoms with Crippen molar-refractivity contribution in [2.24, 2.45) is 0 Å².